The molecular weight excluding hydrogens is 301 g/mol. The van der Waals surface area contributed by atoms with Crippen molar-refractivity contribution < 1.29 is 17.9 Å². The number of hydrazine groups is 1. The van der Waals surface area contributed by atoms with E-state index in [1.165, 1.54) is 35.4 Å². The molecule has 0 bridgehead atoms. The fourth-order valence-corrected chi connectivity index (χ4v) is 1.96. The molecule has 0 radical (unpaired) electrons. The lowest BCUT2D eigenvalue weighted by Crippen LogP contribution is -2.17. The summed E-state index contributed by atoms with van der Waals surface area (Å²) in [5.41, 5.74) is 3.15. The van der Waals surface area contributed by atoms with Gasteiger partial charge in [-0.2, -0.15) is 5.10 Å². The molecule has 0 aliphatic heterocycles. The number of aromatic nitrogens is 4. The largest absolute Gasteiger partial charge is 0.573 e. The zero-order chi connectivity index (χ0) is 15.7. The van der Waals surface area contributed by atoms with E-state index in [1.54, 1.807) is 6.07 Å². The third-order valence-corrected chi connectivity index (χ3v) is 2.80. The Morgan fingerprint density at radius 2 is 2.05 bits per heavy atom. The van der Waals surface area contributed by atoms with Crippen LogP contribution in [0.2, 0.25) is 0 Å². The summed E-state index contributed by atoms with van der Waals surface area (Å²) >= 11 is 0. The summed E-state index contributed by atoms with van der Waals surface area (Å²) in [6, 6.07) is 5.41. The Labute approximate surface area is 121 Å². The van der Waals surface area contributed by atoms with Crippen molar-refractivity contribution in [1.82, 2.24) is 19.7 Å². The Balaban J connectivity index is 2.07. The van der Waals surface area contributed by atoms with Crippen LogP contribution in [0.25, 0.3) is 16.7 Å². The van der Waals surface area contributed by atoms with Crippen molar-refractivity contribution in [3.63, 3.8) is 0 Å². The summed E-state index contributed by atoms with van der Waals surface area (Å²) in [6.07, 6.45) is -2.03. The average molecular weight is 310 g/mol. The Morgan fingerprint density at radius 1 is 1.23 bits per heavy atom. The molecule has 0 atom stereocenters. The van der Waals surface area contributed by atoms with Gasteiger partial charge in [-0.05, 0) is 12.1 Å². The first kappa shape index (κ1) is 14.1. The molecule has 7 nitrogen and oxygen atoms in total. The van der Waals surface area contributed by atoms with Crippen LogP contribution in [0.15, 0.2) is 36.8 Å². The Bertz CT molecular complexity index is 816. The van der Waals surface area contributed by atoms with Gasteiger partial charge in [-0.15, -0.1) is 13.2 Å². The number of benzene rings is 1. The topological polar surface area (TPSA) is 90.9 Å². The quantitative estimate of drug-likeness (QED) is 0.568. The third kappa shape index (κ3) is 2.63. The van der Waals surface area contributed by atoms with E-state index in [9.17, 15) is 13.2 Å². The number of anilines is 1. The number of halogens is 3. The first-order valence-electron chi connectivity index (χ1n) is 5.99. The van der Waals surface area contributed by atoms with Gasteiger partial charge in [0.15, 0.2) is 11.5 Å². The molecule has 0 saturated carbocycles. The number of nitrogens with zero attached hydrogens (tertiary/aromatic N) is 4. The molecule has 0 aliphatic carbocycles. The maximum Gasteiger partial charge on any atom is 0.573 e. The molecule has 0 spiro atoms. The minimum atomic E-state index is -4.76. The minimum Gasteiger partial charge on any atom is -0.406 e. The first-order valence-corrected chi connectivity index (χ1v) is 5.99. The van der Waals surface area contributed by atoms with E-state index in [0.29, 0.717) is 22.5 Å². The first-order chi connectivity index (χ1) is 10.5. The molecule has 2 heterocycles. The highest BCUT2D eigenvalue weighted by Crippen LogP contribution is 2.26. The van der Waals surface area contributed by atoms with Crippen molar-refractivity contribution in [2.24, 2.45) is 5.84 Å². The van der Waals surface area contributed by atoms with Crippen molar-refractivity contribution in [3.05, 3.63) is 36.8 Å². The van der Waals surface area contributed by atoms with Crippen LogP contribution >= 0.6 is 0 Å². The number of hydrogen-bond acceptors (Lipinski definition) is 6. The number of nitrogen functional groups attached to an aromatic ring is 1. The van der Waals surface area contributed by atoms with Crippen LogP contribution in [0, 0.1) is 0 Å². The number of alkyl halides is 3. The molecule has 3 N–H and O–H groups in total. The molecule has 0 fully saturated rings. The van der Waals surface area contributed by atoms with Crippen LogP contribution in [0.1, 0.15) is 0 Å². The highest BCUT2D eigenvalue weighted by Gasteiger charge is 2.31. The molecule has 22 heavy (non-hydrogen) atoms. The van der Waals surface area contributed by atoms with Crippen LogP contribution in [-0.2, 0) is 0 Å². The van der Waals surface area contributed by atoms with E-state index in [1.807, 2.05) is 0 Å². The van der Waals surface area contributed by atoms with Crippen molar-refractivity contribution >= 4 is 16.9 Å². The van der Waals surface area contributed by atoms with E-state index in [4.69, 9.17) is 5.84 Å². The van der Waals surface area contributed by atoms with Crippen molar-refractivity contribution in [1.29, 1.82) is 0 Å². The smallest absolute Gasteiger partial charge is 0.406 e. The zero-order valence-electron chi connectivity index (χ0n) is 10.9. The molecular formula is C12H9F3N6O. The Kier molecular flexibility index (Phi) is 3.29. The monoisotopic (exact) mass is 310 g/mol. The SMILES string of the molecule is NNc1ncnc2c1cnn2-c1cccc(OC(F)(F)F)c1. The van der Waals surface area contributed by atoms with Gasteiger partial charge in [-0.3, -0.25) is 0 Å². The molecule has 0 amide bonds. The molecule has 3 rings (SSSR count). The van der Waals surface area contributed by atoms with Gasteiger partial charge in [0.05, 0.1) is 17.3 Å². The van der Waals surface area contributed by atoms with E-state index in [-0.39, 0.29) is 5.75 Å². The van der Waals surface area contributed by atoms with Gasteiger partial charge in [0, 0.05) is 6.07 Å². The highest BCUT2D eigenvalue weighted by atomic mass is 19.4. The molecule has 10 heteroatoms. The number of nitrogens with one attached hydrogen (secondary N) is 1. The predicted octanol–water partition coefficient (Wildman–Crippen LogP) is 2.00. The Morgan fingerprint density at radius 3 is 2.77 bits per heavy atom. The summed E-state index contributed by atoms with van der Waals surface area (Å²) in [5, 5.41) is 4.63. The molecule has 0 unspecified atom stereocenters. The second-order valence-corrected chi connectivity index (χ2v) is 4.21. The second-order valence-electron chi connectivity index (χ2n) is 4.21. The number of hydrogen-bond donors (Lipinski definition) is 2. The lowest BCUT2D eigenvalue weighted by molar-refractivity contribution is -0.274. The number of nitrogens with two attached hydrogens (primary N) is 1. The lowest BCUT2D eigenvalue weighted by atomic mass is 10.3. The zero-order valence-corrected chi connectivity index (χ0v) is 10.9. The summed E-state index contributed by atoms with van der Waals surface area (Å²) in [5.74, 6) is 5.35. The number of ether oxygens (including phenoxy) is 1. The Hall–Kier alpha value is -2.88. The van der Waals surface area contributed by atoms with Gasteiger partial charge in [0.25, 0.3) is 0 Å². The van der Waals surface area contributed by atoms with Crippen molar-refractivity contribution in [3.8, 4) is 11.4 Å². The minimum absolute atomic E-state index is 0.347. The van der Waals surface area contributed by atoms with Gasteiger partial charge in [-0.1, -0.05) is 6.07 Å². The third-order valence-electron chi connectivity index (χ3n) is 2.80. The van der Waals surface area contributed by atoms with Crippen LogP contribution in [0.5, 0.6) is 5.75 Å². The molecule has 0 saturated heterocycles. The standard InChI is InChI=1S/C12H9F3N6O/c13-12(14,15)22-8-3-1-2-7(4-8)21-11-9(5-19-21)10(20-16)17-6-18-11/h1-6H,16H2,(H,17,18,20). The van der Waals surface area contributed by atoms with Gasteiger partial charge in [-0.25, -0.2) is 20.5 Å². The number of rotatable bonds is 3. The van der Waals surface area contributed by atoms with Gasteiger partial charge in [0.1, 0.15) is 12.1 Å². The summed E-state index contributed by atoms with van der Waals surface area (Å²) in [6.45, 7) is 0. The van der Waals surface area contributed by atoms with Gasteiger partial charge >= 0.3 is 6.36 Å². The van der Waals surface area contributed by atoms with Crippen molar-refractivity contribution in [2.45, 2.75) is 6.36 Å². The molecule has 3 aromatic rings. The molecule has 114 valence electrons. The normalized spacial score (nSPS) is 11.6. The van der Waals surface area contributed by atoms with Gasteiger partial charge < -0.3 is 10.2 Å². The number of fused-ring (bicyclic) bond motifs is 1. The second kappa shape index (κ2) is 5.15. The molecule has 2 aromatic heterocycles. The maximum atomic E-state index is 12.3. The van der Waals surface area contributed by atoms with Crippen LogP contribution in [0.4, 0.5) is 19.0 Å². The van der Waals surface area contributed by atoms with Crippen LogP contribution in [0.3, 0.4) is 0 Å². The van der Waals surface area contributed by atoms with E-state index < -0.39 is 6.36 Å². The summed E-state index contributed by atoms with van der Waals surface area (Å²) < 4.78 is 42.1. The van der Waals surface area contributed by atoms with E-state index in [2.05, 4.69) is 25.2 Å². The summed E-state index contributed by atoms with van der Waals surface area (Å²) in [7, 11) is 0. The average Bonchev–Trinajstić information content (AvgIpc) is 2.89. The fourth-order valence-electron chi connectivity index (χ4n) is 1.96. The van der Waals surface area contributed by atoms with Crippen molar-refractivity contribution in [2.75, 3.05) is 5.43 Å². The van der Waals surface area contributed by atoms with Gasteiger partial charge in [0.2, 0.25) is 0 Å². The molecule has 0 aliphatic rings. The molecule has 1 aromatic carbocycles. The summed E-state index contributed by atoms with van der Waals surface area (Å²) in [4.78, 5) is 7.99. The van der Waals surface area contributed by atoms with Crippen LogP contribution < -0.4 is 16.0 Å². The fraction of sp³-hybridized carbons (Fsp3) is 0.0833. The highest BCUT2D eigenvalue weighted by molar-refractivity contribution is 5.86. The van der Waals surface area contributed by atoms with E-state index >= 15 is 0 Å². The van der Waals surface area contributed by atoms with Crippen LogP contribution in [-0.4, -0.2) is 26.1 Å². The lowest BCUT2D eigenvalue weighted by Gasteiger charge is -2.10. The predicted molar refractivity (Wildman–Crippen MR) is 71.2 cm³/mol. The van der Waals surface area contributed by atoms with E-state index in [0.717, 1.165) is 0 Å². The maximum absolute atomic E-state index is 12.3.